The van der Waals surface area contributed by atoms with Crippen molar-refractivity contribution in [3.63, 3.8) is 0 Å². The minimum atomic E-state index is -4.04. The highest BCUT2D eigenvalue weighted by Crippen LogP contribution is 2.19. The second-order valence-corrected chi connectivity index (χ2v) is 9.15. The Labute approximate surface area is 172 Å². The molecule has 0 fully saturated rings. The molecular weight excluding hydrogens is 420 g/mol. The lowest BCUT2D eigenvalue weighted by Gasteiger charge is -2.14. The van der Waals surface area contributed by atoms with Gasteiger partial charge in [-0.2, -0.15) is 0 Å². The van der Waals surface area contributed by atoms with E-state index in [9.17, 15) is 18.0 Å². The molecule has 2 aromatic rings. The van der Waals surface area contributed by atoms with E-state index in [4.69, 9.17) is 9.47 Å². The Morgan fingerprint density at radius 1 is 1.14 bits per heavy atom. The lowest BCUT2D eigenvalue weighted by atomic mass is 10.3. The summed E-state index contributed by atoms with van der Waals surface area (Å²) >= 11 is 1.08. The van der Waals surface area contributed by atoms with Crippen LogP contribution in [0.3, 0.4) is 0 Å². The number of aromatic nitrogens is 2. The summed E-state index contributed by atoms with van der Waals surface area (Å²) in [6.45, 7) is 1.79. The van der Waals surface area contributed by atoms with E-state index in [-0.39, 0.29) is 18.2 Å². The highest BCUT2D eigenvalue weighted by atomic mass is 32.2. The average molecular weight is 443 g/mol. The van der Waals surface area contributed by atoms with Crippen LogP contribution in [0.15, 0.2) is 24.3 Å². The van der Waals surface area contributed by atoms with Crippen molar-refractivity contribution in [2.45, 2.75) is 25.2 Å². The van der Waals surface area contributed by atoms with Gasteiger partial charge in [0.05, 0.1) is 7.11 Å². The number of rotatable bonds is 10. The molecule has 2 N–H and O–H groups in total. The molecule has 1 aromatic carbocycles. The van der Waals surface area contributed by atoms with Gasteiger partial charge in [0.25, 0.3) is 0 Å². The second kappa shape index (κ2) is 10.3. The van der Waals surface area contributed by atoms with Gasteiger partial charge in [0.15, 0.2) is 9.84 Å². The SMILES string of the molecule is CCC(C(=O)Nc1nnc(COC)s1)S(=O)(=O)CC(=O)Nc1ccc(OC)cc1. The fraction of sp³-hybridized carbons (Fsp3) is 0.412. The lowest BCUT2D eigenvalue weighted by Crippen LogP contribution is -2.39. The number of carbonyl (C=O) groups excluding carboxylic acids is 2. The lowest BCUT2D eigenvalue weighted by molar-refractivity contribution is -0.115. The fourth-order valence-corrected chi connectivity index (χ4v) is 4.68. The van der Waals surface area contributed by atoms with Crippen molar-refractivity contribution in [1.29, 1.82) is 0 Å². The van der Waals surface area contributed by atoms with Gasteiger partial charge in [0.2, 0.25) is 16.9 Å². The van der Waals surface area contributed by atoms with E-state index in [2.05, 4.69) is 20.8 Å². The van der Waals surface area contributed by atoms with Crippen LogP contribution in [0.2, 0.25) is 0 Å². The van der Waals surface area contributed by atoms with Gasteiger partial charge in [-0.1, -0.05) is 18.3 Å². The highest BCUT2D eigenvalue weighted by molar-refractivity contribution is 7.93. The number of ether oxygens (including phenoxy) is 2. The number of hydrogen-bond donors (Lipinski definition) is 2. The normalized spacial score (nSPS) is 12.2. The number of hydrogen-bond acceptors (Lipinski definition) is 9. The Kier molecular flexibility index (Phi) is 8.05. The molecule has 12 heteroatoms. The molecule has 0 radical (unpaired) electrons. The first kappa shape index (κ1) is 22.7. The van der Waals surface area contributed by atoms with Crippen molar-refractivity contribution >= 4 is 43.8 Å². The van der Waals surface area contributed by atoms with Crippen LogP contribution in [0.25, 0.3) is 0 Å². The third kappa shape index (κ3) is 6.48. The zero-order valence-corrected chi connectivity index (χ0v) is 17.8. The molecule has 0 saturated carbocycles. The minimum Gasteiger partial charge on any atom is -0.497 e. The number of anilines is 2. The standard InChI is InChI=1S/C17H22N4O6S2/c1-4-13(16(23)19-17-21-20-15(28-17)9-26-2)29(24,25)10-14(22)18-11-5-7-12(27-3)8-6-11/h5-8,13H,4,9-10H2,1-3H3,(H,18,22)(H,19,21,23). The summed E-state index contributed by atoms with van der Waals surface area (Å²) in [6.07, 6.45) is 0.00765. The highest BCUT2D eigenvalue weighted by Gasteiger charge is 2.33. The quantitative estimate of drug-likeness (QED) is 0.564. The van der Waals surface area contributed by atoms with E-state index >= 15 is 0 Å². The zero-order valence-electron chi connectivity index (χ0n) is 16.2. The summed E-state index contributed by atoms with van der Waals surface area (Å²) in [6, 6.07) is 6.43. The van der Waals surface area contributed by atoms with Gasteiger partial charge in [-0.25, -0.2) is 8.42 Å². The van der Waals surface area contributed by atoms with Crippen LogP contribution >= 0.6 is 11.3 Å². The van der Waals surface area contributed by atoms with Gasteiger partial charge in [-0.05, 0) is 30.7 Å². The number of sulfone groups is 1. The van der Waals surface area contributed by atoms with E-state index < -0.39 is 32.7 Å². The second-order valence-electron chi connectivity index (χ2n) is 5.90. The number of nitrogens with zero attached hydrogens (tertiary/aromatic N) is 2. The number of methoxy groups -OCH3 is 2. The van der Waals surface area contributed by atoms with Crippen LogP contribution in [0.1, 0.15) is 18.4 Å². The molecule has 0 spiro atoms. The molecular formula is C17H22N4O6S2. The van der Waals surface area contributed by atoms with Crippen LogP contribution in [0, 0.1) is 0 Å². The molecule has 0 aliphatic rings. The largest absolute Gasteiger partial charge is 0.497 e. The molecule has 158 valence electrons. The summed E-state index contributed by atoms with van der Waals surface area (Å²) in [5.41, 5.74) is 0.419. The molecule has 0 aliphatic carbocycles. The van der Waals surface area contributed by atoms with E-state index in [1.807, 2.05) is 0 Å². The van der Waals surface area contributed by atoms with Crippen molar-refractivity contribution in [3.05, 3.63) is 29.3 Å². The molecule has 2 amide bonds. The van der Waals surface area contributed by atoms with Crippen molar-refractivity contribution in [3.8, 4) is 5.75 Å². The zero-order chi connectivity index (χ0) is 21.4. The molecule has 0 bridgehead atoms. The molecule has 1 atom stereocenters. The molecule has 29 heavy (non-hydrogen) atoms. The van der Waals surface area contributed by atoms with E-state index in [1.165, 1.54) is 14.2 Å². The van der Waals surface area contributed by atoms with Crippen molar-refractivity contribution in [1.82, 2.24) is 10.2 Å². The summed E-state index contributed by atoms with van der Waals surface area (Å²) in [7, 11) is -1.04. The van der Waals surface area contributed by atoms with Gasteiger partial charge in [0.1, 0.15) is 28.4 Å². The Bertz CT molecular complexity index is 943. The maximum atomic E-state index is 12.6. The molecule has 0 saturated heterocycles. The monoisotopic (exact) mass is 442 g/mol. The maximum absolute atomic E-state index is 12.6. The molecule has 0 aliphatic heterocycles. The maximum Gasteiger partial charge on any atom is 0.244 e. The summed E-state index contributed by atoms with van der Waals surface area (Å²) < 4.78 is 35.2. The van der Waals surface area contributed by atoms with Crippen LogP contribution in [-0.2, 0) is 30.8 Å². The first-order valence-electron chi connectivity index (χ1n) is 8.56. The smallest absolute Gasteiger partial charge is 0.244 e. The Hall–Kier alpha value is -2.57. The Balaban J connectivity index is 2.01. The summed E-state index contributed by atoms with van der Waals surface area (Å²) in [5.74, 6) is -1.72. The third-order valence-electron chi connectivity index (χ3n) is 3.77. The summed E-state index contributed by atoms with van der Waals surface area (Å²) in [4.78, 5) is 24.6. The minimum absolute atomic E-state index is 0.00765. The van der Waals surface area contributed by atoms with E-state index in [0.717, 1.165) is 11.3 Å². The number of amides is 2. The Morgan fingerprint density at radius 2 is 1.83 bits per heavy atom. The first-order valence-corrected chi connectivity index (χ1v) is 11.1. The van der Waals surface area contributed by atoms with E-state index in [0.29, 0.717) is 16.4 Å². The third-order valence-corrected chi connectivity index (χ3v) is 6.66. The predicted molar refractivity (Wildman–Crippen MR) is 109 cm³/mol. The number of carbonyl (C=O) groups is 2. The Morgan fingerprint density at radius 3 is 2.41 bits per heavy atom. The molecule has 1 unspecified atom stereocenters. The van der Waals surface area contributed by atoms with Crippen LogP contribution in [0.5, 0.6) is 5.75 Å². The first-order chi connectivity index (χ1) is 13.8. The number of benzene rings is 1. The van der Waals surface area contributed by atoms with Gasteiger partial charge in [-0.15, -0.1) is 10.2 Å². The summed E-state index contributed by atoms with van der Waals surface area (Å²) in [5, 5.41) is 11.8. The molecule has 10 nitrogen and oxygen atoms in total. The van der Waals surface area contributed by atoms with Gasteiger partial charge < -0.3 is 14.8 Å². The fourth-order valence-electron chi connectivity index (χ4n) is 2.43. The predicted octanol–water partition coefficient (Wildman–Crippen LogP) is 1.46. The van der Waals surface area contributed by atoms with Gasteiger partial charge in [0, 0.05) is 12.8 Å². The van der Waals surface area contributed by atoms with Crippen LogP contribution in [0.4, 0.5) is 10.8 Å². The van der Waals surface area contributed by atoms with E-state index in [1.54, 1.807) is 31.2 Å². The van der Waals surface area contributed by atoms with Gasteiger partial charge in [-0.3, -0.25) is 14.9 Å². The van der Waals surface area contributed by atoms with Crippen LogP contribution in [-0.4, -0.2) is 55.7 Å². The topological polar surface area (TPSA) is 137 Å². The van der Waals surface area contributed by atoms with Crippen LogP contribution < -0.4 is 15.4 Å². The molecule has 1 aromatic heterocycles. The van der Waals surface area contributed by atoms with Crippen molar-refractivity contribution in [2.24, 2.45) is 0 Å². The van der Waals surface area contributed by atoms with Crippen molar-refractivity contribution < 1.29 is 27.5 Å². The van der Waals surface area contributed by atoms with Gasteiger partial charge >= 0.3 is 0 Å². The molecule has 1 heterocycles. The van der Waals surface area contributed by atoms with Crippen molar-refractivity contribution in [2.75, 3.05) is 30.6 Å². The molecule has 2 rings (SSSR count). The average Bonchev–Trinajstić information content (AvgIpc) is 3.09. The number of nitrogens with one attached hydrogen (secondary N) is 2.